The molecule has 0 spiro atoms. The third-order valence-corrected chi connectivity index (χ3v) is 5.99. The highest BCUT2D eigenvalue weighted by atomic mass is 16.6. The lowest BCUT2D eigenvalue weighted by Gasteiger charge is -2.39. The Morgan fingerprint density at radius 3 is 2.50 bits per heavy atom. The average Bonchev–Trinajstić information content (AvgIpc) is 2.80. The van der Waals surface area contributed by atoms with Crippen LogP contribution < -0.4 is 4.90 Å². The van der Waals surface area contributed by atoms with Gasteiger partial charge in [-0.25, -0.2) is 4.98 Å². The summed E-state index contributed by atoms with van der Waals surface area (Å²) in [5, 5.41) is 10.8. The molecule has 3 heterocycles. The molecule has 0 saturated carbocycles. The molecule has 2 aromatic rings. The van der Waals surface area contributed by atoms with Crippen molar-refractivity contribution in [2.75, 3.05) is 50.7 Å². The van der Waals surface area contributed by atoms with E-state index < -0.39 is 4.92 Å². The highest BCUT2D eigenvalue weighted by molar-refractivity contribution is 5.94. The molecule has 8 heteroatoms. The summed E-state index contributed by atoms with van der Waals surface area (Å²) >= 11 is 0. The number of nitro benzene ring substituents is 1. The molecular formula is C22H27N5O3. The highest BCUT2D eigenvalue weighted by Crippen LogP contribution is 2.22. The van der Waals surface area contributed by atoms with Crippen molar-refractivity contribution < 1.29 is 9.72 Å². The van der Waals surface area contributed by atoms with Crippen LogP contribution in [0.15, 0.2) is 48.7 Å². The first kappa shape index (κ1) is 20.3. The summed E-state index contributed by atoms with van der Waals surface area (Å²) in [5.41, 5.74) is 0.526. The van der Waals surface area contributed by atoms with Crippen LogP contribution in [0.2, 0.25) is 0 Å². The standard InChI is InChI=1S/C22H27N5O3/c28-22(19-6-8-20(9-7-19)27(29)30)26-11-3-4-18(17-26)16-24-12-14-25(15-13-24)21-5-1-2-10-23-21/h1-2,5-10,18H,3-4,11-17H2. The maximum atomic E-state index is 12.8. The number of nitrogens with zero attached hydrogens (tertiary/aromatic N) is 5. The number of anilines is 1. The first-order valence-corrected chi connectivity index (χ1v) is 10.5. The Labute approximate surface area is 176 Å². The van der Waals surface area contributed by atoms with Crippen molar-refractivity contribution in [1.29, 1.82) is 0 Å². The molecule has 1 aromatic heterocycles. The lowest BCUT2D eigenvalue weighted by Crippen LogP contribution is -2.50. The van der Waals surface area contributed by atoms with E-state index in [1.165, 1.54) is 12.1 Å². The molecule has 2 aliphatic rings. The van der Waals surface area contributed by atoms with E-state index >= 15 is 0 Å². The average molecular weight is 409 g/mol. The molecule has 1 unspecified atom stereocenters. The zero-order chi connectivity index (χ0) is 20.9. The molecule has 0 bridgehead atoms. The molecule has 1 aromatic carbocycles. The number of hydrogen-bond acceptors (Lipinski definition) is 6. The number of rotatable bonds is 5. The van der Waals surface area contributed by atoms with Gasteiger partial charge in [-0.05, 0) is 43.0 Å². The normalized spacial score (nSPS) is 20.2. The summed E-state index contributed by atoms with van der Waals surface area (Å²) < 4.78 is 0. The quantitative estimate of drug-likeness (QED) is 0.558. The van der Waals surface area contributed by atoms with Crippen molar-refractivity contribution in [2.24, 2.45) is 5.92 Å². The number of non-ortho nitro benzene ring substituents is 1. The van der Waals surface area contributed by atoms with Crippen LogP contribution in [0.25, 0.3) is 0 Å². The SMILES string of the molecule is O=C(c1ccc([N+](=O)[O-])cc1)N1CCCC(CN2CCN(c3ccccn3)CC2)C1. The fraction of sp³-hybridized carbons (Fsp3) is 0.455. The van der Waals surface area contributed by atoms with Crippen molar-refractivity contribution in [2.45, 2.75) is 12.8 Å². The maximum Gasteiger partial charge on any atom is 0.269 e. The molecule has 2 aliphatic heterocycles. The van der Waals surface area contributed by atoms with Gasteiger partial charge in [0.2, 0.25) is 0 Å². The van der Waals surface area contributed by atoms with E-state index in [-0.39, 0.29) is 11.6 Å². The zero-order valence-electron chi connectivity index (χ0n) is 17.0. The Morgan fingerprint density at radius 2 is 1.83 bits per heavy atom. The minimum Gasteiger partial charge on any atom is -0.354 e. The van der Waals surface area contributed by atoms with Crippen molar-refractivity contribution in [3.05, 3.63) is 64.3 Å². The van der Waals surface area contributed by atoms with Gasteiger partial charge in [-0.15, -0.1) is 0 Å². The maximum absolute atomic E-state index is 12.8. The van der Waals surface area contributed by atoms with Crippen LogP contribution in [-0.4, -0.2) is 71.4 Å². The van der Waals surface area contributed by atoms with Crippen molar-refractivity contribution in [3.8, 4) is 0 Å². The van der Waals surface area contributed by atoms with Crippen LogP contribution in [-0.2, 0) is 0 Å². The number of piperidine rings is 1. The first-order chi connectivity index (χ1) is 14.6. The number of aromatic nitrogens is 1. The number of benzene rings is 1. The predicted octanol–water partition coefficient (Wildman–Crippen LogP) is 2.66. The molecule has 158 valence electrons. The number of carbonyl (C=O) groups excluding carboxylic acids is 1. The van der Waals surface area contributed by atoms with Gasteiger partial charge in [0.25, 0.3) is 11.6 Å². The van der Waals surface area contributed by atoms with E-state index in [1.54, 1.807) is 12.1 Å². The number of likely N-dealkylation sites (tertiary alicyclic amines) is 1. The zero-order valence-corrected chi connectivity index (χ0v) is 17.0. The Morgan fingerprint density at radius 1 is 1.07 bits per heavy atom. The van der Waals surface area contributed by atoms with Crippen molar-refractivity contribution in [1.82, 2.24) is 14.8 Å². The predicted molar refractivity (Wildman–Crippen MR) is 115 cm³/mol. The van der Waals surface area contributed by atoms with Gasteiger partial charge in [-0.2, -0.15) is 0 Å². The first-order valence-electron chi connectivity index (χ1n) is 10.5. The second-order valence-electron chi connectivity index (χ2n) is 8.04. The van der Waals surface area contributed by atoms with Gasteiger partial charge >= 0.3 is 0 Å². The number of amides is 1. The van der Waals surface area contributed by atoms with Crippen LogP contribution in [0.3, 0.4) is 0 Å². The van der Waals surface area contributed by atoms with E-state index in [0.717, 1.165) is 64.5 Å². The van der Waals surface area contributed by atoms with Crippen molar-refractivity contribution in [3.63, 3.8) is 0 Å². The van der Waals surface area contributed by atoms with Crippen molar-refractivity contribution >= 4 is 17.4 Å². The summed E-state index contributed by atoms with van der Waals surface area (Å²) in [6.07, 6.45) is 3.96. The monoisotopic (exact) mass is 409 g/mol. The Kier molecular flexibility index (Phi) is 6.23. The molecule has 0 aliphatic carbocycles. The lowest BCUT2D eigenvalue weighted by atomic mass is 9.96. The number of nitro groups is 1. The van der Waals surface area contributed by atoms with Gasteiger partial charge < -0.3 is 9.80 Å². The molecular weight excluding hydrogens is 382 g/mol. The number of piperazine rings is 1. The fourth-order valence-corrected chi connectivity index (χ4v) is 4.37. The number of carbonyl (C=O) groups is 1. The number of hydrogen-bond donors (Lipinski definition) is 0. The largest absolute Gasteiger partial charge is 0.354 e. The van der Waals surface area contributed by atoms with E-state index in [9.17, 15) is 14.9 Å². The molecule has 30 heavy (non-hydrogen) atoms. The molecule has 0 radical (unpaired) electrons. The van der Waals surface area contributed by atoms with Gasteiger partial charge in [0, 0.05) is 69.7 Å². The van der Waals surface area contributed by atoms with Gasteiger partial charge in [0.15, 0.2) is 0 Å². The van der Waals surface area contributed by atoms with Crippen LogP contribution >= 0.6 is 0 Å². The molecule has 1 atom stereocenters. The lowest BCUT2D eigenvalue weighted by molar-refractivity contribution is -0.384. The van der Waals surface area contributed by atoms with E-state index in [1.807, 2.05) is 23.2 Å². The van der Waals surface area contributed by atoms with E-state index in [0.29, 0.717) is 11.5 Å². The van der Waals surface area contributed by atoms with Crippen LogP contribution in [0.1, 0.15) is 23.2 Å². The Hall–Kier alpha value is -3.00. The molecule has 8 nitrogen and oxygen atoms in total. The molecule has 2 saturated heterocycles. The minimum absolute atomic E-state index is 0.00733. The molecule has 2 fully saturated rings. The van der Waals surface area contributed by atoms with E-state index in [4.69, 9.17) is 0 Å². The summed E-state index contributed by atoms with van der Waals surface area (Å²) in [4.78, 5) is 34.4. The third-order valence-electron chi connectivity index (χ3n) is 5.99. The van der Waals surface area contributed by atoms with Gasteiger partial charge in [0.1, 0.15) is 5.82 Å². The van der Waals surface area contributed by atoms with Crippen LogP contribution in [0.5, 0.6) is 0 Å². The second kappa shape index (κ2) is 9.21. The fourth-order valence-electron chi connectivity index (χ4n) is 4.37. The summed E-state index contributed by atoms with van der Waals surface area (Å²) in [5.74, 6) is 1.46. The van der Waals surface area contributed by atoms with Crippen LogP contribution in [0, 0.1) is 16.0 Å². The van der Waals surface area contributed by atoms with Gasteiger partial charge in [-0.3, -0.25) is 19.8 Å². The molecule has 4 rings (SSSR count). The van der Waals surface area contributed by atoms with Gasteiger partial charge in [-0.1, -0.05) is 6.07 Å². The minimum atomic E-state index is -0.446. The third kappa shape index (κ3) is 4.76. The Balaban J connectivity index is 1.29. The molecule has 1 amide bonds. The molecule has 0 N–H and O–H groups in total. The Bertz CT molecular complexity index is 866. The summed E-state index contributed by atoms with van der Waals surface area (Å²) in [6, 6.07) is 11.9. The summed E-state index contributed by atoms with van der Waals surface area (Å²) in [6.45, 7) is 6.44. The summed E-state index contributed by atoms with van der Waals surface area (Å²) in [7, 11) is 0. The smallest absolute Gasteiger partial charge is 0.269 e. The van der Waals surface area contributed by atoms with Crippen LogP contribution in [0.4, 0.5) is 11.5 Å². The number of pyridine rings is 1. The van der Waals surface area contributed by atoms with E-state index in [2.05, 4.69) is 20.9 Å². The topological polar surface area (TPSA) is 82.8 Å². The van der Waals surface area contributed by atoms with Gasteiger partial charge in [0.05, 0.1) is 4.92 Å². The highest BCUT2D eigenvalue weighted by Gasteiger charge is 2.27. The second-order valence-corrected chi connectivity index (χ2v) is 8.04.